The Morgan fingerprint density at radius 1 is 1.47 bits per heavy atom. The van der Waals surface area contributed by atoms with E-state index in [4.69, 9.17) is 10.5 Å². The zero-order valence-electron chi connectivity index (χ0n) is 8.11. The summed E-state index contributed by atoms with van der Waals surface area (Å²) in [4.78, 5) is 0. The van der Waals surface area contributed by atoms with Gasteiger partial charge in [-0.25, -0.2) is 0 Å². The normalized spacial score (nSPS) is 17.1. The molecule has 0 saturated heterocycles. The highest BCUT2D eigenvalue weighted by Crippen LogP contribution is 2.31. The highest BCUT2D eigenvalue weighted by molar-refractivity contribution is 9.10. The van der Waals surface area contributed by atoms with Crippen molar-refractivity contribution >= 4 is 21.6 Å². The number of ether oxygens (including phenoxy) is 1. The smallest absolute Gasteiger partial charge is 0.138 e. The molecule has 0 aliphatic carbocycles. The van der Waals surface area contributed by atoms with Gasteiger partial charge >= 0.3 is 0 Å². The molecule has 0 spiro atoms. The summed E-state index contributed by atoms with van der Waals surface area (Å²) < 4.78 is 6.20. The summed E-state index contributed by atoms with van der Waals surface area (Å²) in [6.07, 6.45) is 1.98. The first kappa shape index (κ1) is 10.5. The zero-order valence-corrected chi connectivity index (χ0v) is 9.70. The van der Waals surface area contributed by atoms with Crippen molar-refractivity contribution in [3.8, 4) is 0 Å². The van der Waals surface area contributed by atoms with Crippen molar-refractivity contribution in [1.82, 2.24) is 0 Å². The van der Waals surface area contributed by atoms with Crippen molar-refractivity contribution < 1.29 is 9.84 Å². The first-order valence-corrected chi connectivity index (χ1v) is 5.53. The van der Waals surface area contributed by atoms with Crippen LogP contribution < -0.4 is 5.73 Å². The van der Waals surface area contributed by atoms with Crippen molar-refractivity contribution in [3.05, 3.63) is 40.1 Å². The second-order valence-corrected chi connectivity index (χ2v) is 4.34. The maximum Gasteiger partial charge on any atom is 0.138 e. The van der Waals surface area contributed by atoms with Crippen LogP contribution in [0.25, 0.3) is 0 Å². The fourth-order valence-electron chi connectivity index (χ4n) is 1.56. The van der Waals surface area contributed by atoms with E-state index in [0.29, 0.717) is 23.6 Å². The van der Waals surface area contributed by atoms with Crippen LogP contribution in [-0.2, 0) is 4.74 Å². The highest BCUT2D eigenvalue weighted by atomic mass is 79.9. The predicted molar refractivity (Wildman–Crippen MR) is 62.2 cm³/mol. The lowest BCUT2D eigenvalue weighted by Crippen LogP contribution is -2.05. The van der Waals surface area contributed by atoms with Crippen LogP contribution in [-0.4, -0.2) is 11.7 Å². The first-order valence-electron chi connectivity index (χ1n) is 4.74. The molecule has 3 nitrogen and oxygen atoms in total. The minimum atomic E-state index is -0.759. The molecule has 1 heterocycles. The molecule has 1 aromatic carbocycles. The predicted octanol–water partition coefficient (Wildman–Crippen LogP) is 2.37. The number of halogens is 1. The average Bonchev–Trinajstić information content (AvgIpc) is 2.74. The van der Waals surface area contributed by atoms with Gasteiger partial charge in [-0.2, -0.15) is 0 Å². The van der Waals surface area contributed by atoms with E-state index >= 15 is 0 Å². The molecule has 1 aliphatic heterocycles. The molecular formula is C11H12BrNO2. The Morgan fingerprint density at radius 2 is 2.27 bits per heavy atom. The third-order valence-electron chi connectivity index (χ3n) is 2.35. The van der Waals surface area contributed by atoms with Crippen LogP contribution in [0.1, 0.15) is 18.1 Å². The van der Waals surface area contributed by atoms with Crippen LogP contribution in [0.2, 0.25) is 0 Å². The van der Waals surface area contributed by atoms with Crippen molar-refractivity contribution in [2.45, 2.75) is 12.5 Å². The van der Waals surface area contributed by atoms with Crippen LogP contribution in [0.15, 0.2) is 34.5 Å². The number of aliphatic hydroxyl groups excluding tert-OH is 1. The number of anilines is 1. The molecule has 80 valence electrons. The van der Waals surface area contributed by atoms with E-state index in [2.05, 4.69) is 15.9 Å². The number of hydrogen-bond donors (Lipinski definition) is 2. The molecule has 3 N–H and O–H groups in total. The minimum absolute atomic E-state index is 0.571. The molecule has 0 amide bonds. The molecule has 0 radical (unpaired) electrons. The largest absolute Gasteiger partial charge is 0.495 e. The van der Waals surface area contributed by atoms with Gasteiger partial charge in [-0.15, -0.1) is 0 Å². The molecule has 0 fully saturated rings. The van der Waals surface area contributed by atoms with Crippen LogP contribution in [0.5, 0.6) is 0 Å². The van der Waals surface area contributed by atoms with Crippen molar-refractivity contribution in [3.63, 3.8) is 0 Å². The molecule has 2 rings (SSSR count). The lowest BCUT2D eigenvalue weighted by Gasteiger charge is -2.14. The van der Waals surface area contributed by atoms with Crippen LogP contribution in [0.3, 0.4) is 0 Å². The molecule has 1 aliphatic rings. The van der Waals surface area contributed by atoms with E-state index in [9.17, 15) is 5.11 Å². The van der Waals surface area contributed by atoms with E-state index in [0.717, 1.165) is 10.9 Å². The fraction of sp³-hybridized carbons (Fsp3) is 0.273. The summed E-state index contributed by atoms with van der Waals surface area (Å²) in [6, 6.07) is 5.41. The summed E-state index contributed by atoms with van der Waals surface area (Å²) in [5, 5.41) is 10.0. The second-order valence-electron chi connectivity index (χ2n) is 3.42. The Hall–Kier alpha value is -1.00. The van der Waals surface area contributed by atoms with Crippen LogP contribution >= 0.6 is 15.9 Å². The number of nitrogen functional groups attached to an aromatic ring is 1. The van der Waals surface area contributed by atoms with Crippen molar-refractivity contribution in [2.24, 2.45) is 0 Å². The maximum atomic E-state index is 10.0. The van der Waals surface area contributed by atoms with Crippen molar-refractivity contribution in [2.75, 3.05) is 12.3 Å². The minimum Gasteiger partial charge on any atom is -0.495 e. The fourth-order valence-corrected chi connectivity index (χ4v) is 1.94. The van der Waals surface area contributed by atoms with E-state index < -0.39 is 6.10 Å². The lowest BCUT2D eigenvalue weighted by molar-refractivity contribution is 0.119. The maximum absolute atomic E-state index is 10.0. The topological polar surface area (TPSA) is 55.5 Å². The number of nitrogens with two attached hydrogens (primary N) is 1. The van der Waals surface area contributed by atoms with Crippen LogP contribution in [0, 0.1) is 0 Å². The third kappa shape index (κ3) is 2.16. The lowest BCUT2D eigenvalue weighted by atomic mass is 10.1. The summed E-state index contributed by atoms with van der Waals surface area (Å²) in [5.74, 6) is 0.597. The molecule has 15 heavy (non-hydrogen) atoms. The van der Waals surface area contributed by atoms with Gasteiger partial charge < -0.3 is 15.6 Å². The third-order valence-corrected chi connectivity index (χ3v) is 2.84. The van der Waals surface area contributed by atoms with Crippen LogP contribution in [0.4, 0.5) is 5.69 Å². The van der Waals surface area contributed by atoms with E-state index in [1.807, 2.05) is 18.2 Å². The molecule has 0 bridgehead atoms. The highest BCUT2D eigenvalue weighted by Gasteiger charge is 2.20. The van der Waals surface area contributed by atoms with E-state index in [-0.39, 0.29) is 0 Å². The van der Waals surface area contributed by atoms with Crippen molar-refractivity contribution in [1.29, 1.82) is 0 Å². The van der Waals surface area contributed by atoms with Gasteiger partial charge in [-0.3, -0.25) is 0 Å². The molecule has 1 atom stereocenters. The Labute approximate surface area is 96.7 Å². The monoisotopic (exact) mass is 269 g/mol. The van der Waals surface area contributed by atoms with E-state index in [1.165, 1.54) is 0 Å². The Balaban J connectivity index is 2.31. The van der Waals surface area contributed by atoms with Gasteiger partial charge in [0.1, 0.15) is 11.9 Å². The second kappa shape index (κ2) is 4.24. The van der Waals surface area contributed by atoms with Gasteiger partial charge in [0.05, 0.1) is 6.61 Å². The van der Waals surface area contributed by atoms with Gasteiger partial charge in [0, 0.05) is 22.1 Å². The number of benzene rings is 1. The summed E-state index contributed by atoms with van der Waals surface area (Å²) in [6.45, 7) is 0.639. The summed E-state index contributed by atoms with van der Waals surface area (Å²) in [7, 11) is 0. The molecule has 1 aromatic rings. The zero-order chi connectivity index (χ0) is 10.8. The first-order chi connectivity index (χ1) is 7.18. The molecular weight excluding hydrogens is 258 g/mol. The quantitative estimate of drug-likeness (QED) is 0.811. The molecule has 4 heteroatoms. The number of rotatable bonds is 2. The number of hydrogen-bond acceptors (Lipinski definition) is 3. The molecule has 0 saturated carbocycles. The average molecular weight is 270 g/mol. The van der Waals surface area contributed by atoms with Gasteiger partial charge in [0.25, 0.3) is 0 Å². The number of aliphatic hydroxyl groups is 1. The standard InChI is InChI=1S/C11H12BrNO2/c12-7-3-4-9(13)8(6-7)11(14)10-2-1-5-15-10/h2-4,6,11,14H,1,5,13H2. The Bertz CT molecular complexity index is 404. The summed E-state index contributed by atoms with van der Waals surface area (Å²) in [5.41, 5.74) is 7.04. The van der Waals surface area contributed by atoms with E-state index in [1.54, 1.807) is 6.07 Å². The van der Waals surface area contributed by atoms with Gasteiger partial charge in [0.15, 0.2) is 0 Å². The van der Waals surface area contributed by atoms with Gasteiger partial charge in [0.2, 0.25) is 0 Å². The van der Waals surface area contributed by atoms with Gasteiger partial charge in [-0.05, 0) is 24.3 Å². The molecule has 1 unspecified atom stereocenters. The molecule has 0 aromatic heterocycles. The SMILES string of the molecule is Nc1ccc(Br)cc1C(O)C1=CCCO1. The van der Waals surface area contributed by atoms with Gasteiger partial charge in [-0.1, -0.05) is 15.9 Å². The summed E-state index contributed by atoms with van der Waals surface area (Å²) >= 11 is 3.35. The Kier molecular flexibility index (Phi) is 2.98. The Morgan fingerprint density at radius 3 is 2.93 bits per heavy atom.